The fourth-order valence-electron chi connectivity index (χ4n) is 2.52. The Balaban J connectivity index is 2.59. The zero-order valence-corrected chi connectivity index (χ0v) is 9.87. The summed E-state index contributed by atoms with van der Waals surface area (Å²) in [6.07, 6.45) is 2.54. The normalized spacial score (nSPS) is 18.2. The van der Waals surface area contributed by atoms with Gasteiger partial charge in [0.1, 0.15) is 0 Å². The molecule has 0 radical (unpaired) electrons. The van der Waals surface area contributed by atoms with E-state index in [2.05, 4.69) is 0 Å². The van der Waals surface area contributed by atoms with Crippen molar-refractivity contribution in [1.29, 1.82) is 0 Å². The molecule has 2 rings (SSSR count). The van der Waals surface area contributed by atoms with Crippen molar-refractivity contribution in [2.24, 2.45) is 0 Å². The average molecular weight is 257 g/mol. The molecular formula is C12H13ClO4. The molecule has 1 fully saturated rings. The van der Waals surface area contributed by atoms with Gasteiger partial charge in [0, 0.05) is 5.56 Å². The molecule has 1 aromatic rings. The minimum Gasteiger partial charge on any atom is -0.504 e. The van der Waals surface area contributed by atoms with Crippen molar-refractivity contribution in [1.82, 2.24) is 0 Å². The summed E-state index contributed by atoms with van der Waals surface area (Å²) in [4.78, 5) is 11.4. The molecule has 1 aliphatic carbocycles. The first-order valence-corrected chi connectivity index (χ1v) is 5.81. The van der Waals surface area contributed by atoms with Gasteiger partial charge in [-0.3, -0.25) is 4.79 Å². The third kappa shape index (κ3) is 1.72. The van der Waals surface area contributed by atoms with Crippen LogP contribution in [0.25, 0.3) is 0 Å². The van der Waals surface area contributed by atoms with Crippen molar-refractivity contribution < 1.29 is 20.1 Å². The standard InChI is InChI=1S/C12H13ClO4/c13-8-4-3-7(9(14)10(8)15)12(11(16)17)5-1-2-6-12/h3-4,14-15H,1-2,5-6H2,(H,16,17). The Hall–Kier alpha value is -1.42. The number of aromatic hydroxyl groups is 2. The van der Waals surface area contributed by atoms with E-state index in [0.717, 1.165) is 12.8 Å². The number of halogens is 1. The Morgan fingerprint density at radius 3 is 2.29 bits per heavy atom. The first-order chi connectivity index (χ1) is 7.99. The number of carboxylic acids is 1. The number of hydrogen-bond acceptors (Lipinski definition) is 3. The molecule has 1 aromatic carbocycles. The van der Waals surface area contributed by atoms with Crippen LogP contribution in [0.2, 0.25) is 5.02 Å². The lowest BCUT2D eigenvalue weighted by Gasteiger charge is -2.25. The zero-order valence-electron chi connectivity index (χ0n) is 9.11. The summed E-state index contributed by atoms with van der Waals surface area (Å²) in [5.41, 5.74) is -0.837. The molecule has 0 bridgehead atoms. The van der Waals surface area contributed by atoms with Crippen LogP contribution in [0.3, 0.4) is 0 Å². The van der Waals surface area contributed by atoms with Crippen molar-refractivity contribution in [2.45, 2.75) is 31.1 Å². The molecule has 5 heteroatoms. The molecule has 0 aliphatic heterocycles. The van der Waals surface area contributed by atoms with Gasteiger partial charge in [0.05, 0.1) is 10.4 Å². The van der Waals surface area contributed by atoms with Gasteiger partial charge in [-0.2, -0.15) is 0 Å². The Morgan fingerprint density at radius 2 is 1.76 bits per heavy atom. The molecule has 0 aromatic heterocycles. The van der Waals surface area contributed by atoms with Crippen molar-refractivity contribution >= 4 is 17.6 Å². The maximum absolute atomic E-state index is 11.4. The largest absolute Gasteiger partial charge is 0.504 e. The summed E-state index contributed by atoms with van der Waals surface area (Å²) >= 11 is 5.66. The summed E-state index contributed by atoms with van der Waals surface area (Å²) in [7, 11) is 0. The second-order valence-corrected chi connectivity index (χ2v) is 4.79. The molecule has 17 heavy (non-hydrogen) atoms. The number of benzene rings is 1. The highest BCUT2D eigenvalue weighted by atomic mass is 35.5. The van der Waals surface area contributed by atoms with Crippen LogP contribution in [0.15, 0.2) is 12.1 Å². The average Bonchev–Trinajstić information content (AvgIpc) is 2.76. The minimum atomic E-state index is -1.09. The highest BCUT2D eigenvalue weighted by Gasteiger charge is 2.45. The van der Waals surface area contributed by atoms with Crippen molar-refractivity contribution in [2.75, 3.05) is 0 Å². The zero-order chi connectivity index (χ0) is 12.6. The van der Waals surface area contributed by atoms with E-state index in [1.165, 1.54) is 12.1 Å². The number of aliphatic carboxylic acids is 1. The van der Waals surface area contributed by atoms with Gasteiger partial charge in [0.25, 0.3) is 0 Å². The summed E-state index contributed by atoms with van der Waals surface area (Å²) in [5.74, 6) is -1.83. The van der Waals surface area contributed by atoms with Crippen molar-refractivity contribution in [3.8, 4) is 11.5 Å². The number of rotatable bonds is 2. The number of carbonyl (C=O) groups is 1. The molecule has 0 unspecified atom stereocenters. The van der Waals surface area contributed by atoms with Crippen molar-refractivity contribution in [3.63, 3.8) is 0 Å². The monoisotopic (exact) mass is 256 g/mol. The smallest absolute Gasteiger partial charge is 0.314 e. The Labute approximate surface area is 103 Å². The van der Waals surface area contributed by atoms with Crippen LogP contribution < -0.4 is 0 Å². The van der Waals surface area contributed by atoms with E-state index < -0.39 is 22.9 Å². The molecule has 0 amide bonds. The topological polar surface area (TPSA) is 77.8 Å². The van der Waals surface area contributed by atoms with E-state index in [9.17, 15) is 20.1 Å². The second-order valence-electron chi connectivity index (χ2n) is 4.39. The molecule has 3 N–H and O–H groups in total. The fraction of sp³-hybridized carbons (Fsp3) is 0.417. The molecule has 0 saturated heterocycles. The summed E-state index contributed by atoms with van der Waals surface area (Å²) in [5, 5.41) is 28.8. The number of carboxylic acid groups (broad SMARTS) is 1. The van der Waals surface area contributed by atoms with Gasteiger partial charge >= 0.3 is 5.97 Å². The summed E-state index contributed by atoms with van der Waals surface area (Å²) < 4.78 is 0. The van der Waals surface area contributed by atoms with Gasteiger partial charge in [-0.1, -0.05) is 30.5 Å². The van der Waals surface area contributed by atoms with E-state index >= 15 is 0 Å². The van der Waals surface area contributed by atoms with Crippen LogP contribution in [0.1, 0.15) is 31.2 Å². The van der Waals surface area contributed by atoms with E-state index in [0.29, 0.717) is 12.8 Å². The molecular weight excluding hydrogens is 244 g/mol. The SMILES string of the molecule is O=C(O)C1(c2ccc(Cl)c(O)c2O)CCCC1. The van der Waals surface area contributed by atoms with E-state index in [1.54, 1.807) is 0 Å². The summed E-state index contributed by atoms with van der Waals surface area (Å²) in [6.45, 7) is 0. The third-order valence-corrected chi connectivity index (χ3v) is 3.79. The molecule has 92 valence electrons. The maximum Gasteiger partial charge on any atom is 0.314 e. The third-order valence-electron chi connectivity index (χ3n) is 3.48. The van der Waals surface area contributed by atoms with Gasteiger partial charge in [0.2, 0.25) is 0 Å². The van der Waals surface area contributed by atoms with Gasteiger partial charge in [-0.25, -0.2) is 0 Å². The Morgan fingerprint density at radius 1 is 1.18 bits per heavy atom. The molecule has 1 aliphatic rings. The molecule has 0 heterocycles. The minimum absolute atomic E-state index is 0.0183. The van der Waals surface area contributed by atoms with E-state index in [4.69, 9.17) is 11.6 Å². The van der Waals surface area contributed by atoms with E-state index in [1.807, 2.05) is 0 Å². The lowest BCUT2D eigenvalue weighted by Crippen LogP contribution is -2.32. The first kappa shape index (κ1) is 12.0. The number of hydrogen-bond donors (Lipinski definition) is 3. The predicted molar refractivity (Wildman–Crippen MR) is 62.6 cm³/mol. The molecule has 4 nitrogen and oxygen atoms in total. The van der Waals surface area contributed by atoms with Crippen LogP contribution in [0.5, 0.6) is 11.5 Å². The second kappa shape index (κ2) is 4.11. The molecule has 0 spiro atoms. The van der Waals surface area contributed by atoms with Gasteiger partial charge in [-0.15, -0.1) is 0 Å². The lowest BCUT2D eigenvalue weighted by atomic mass is 9.78. The number of phenolic OH excluding ortho intramolecular Hbond substituents is 2. The van der Waals surface area contributed by atoms with Crippen LogP contribution in [0.4, 0.5) is 0 Å². The Bertz CT molecular complexity index is 464. The van der Waals surface area contributed by atoms with Crippen LogP contribution in [0, 0.1) is 0 Å². The van der Waals surface area contributed by atoms with Crippen LogP contribution >= 0.6 is 11.6 Å². The Kier molecular flexibility index (Phi) is 2.91. The predicted octanol–water partition coefficient (Wildman–Crippen LogP) is 2.65. The highest BCUT2D eigenvalue weighted by Crippen LogP contribution is 2.48. The van der Waals surface area contributed by atoms with Crippen LogP contribution in [-0.4, -0.2) is 21.3 Å². The highest BCUT2D eigenvalue weighted by molar-refractivity contribution is 6.32. The summed E-state index contributed by atoms with van der Waals surface area (Å²) in [6, 6.07) is 2.89. The maximum atomic E-state index is 11.4. The van der Waals surface area contributed by atoms with Gasteiger partial charge in [-0.05, 0) is 18.9 Å². The van der Waals surface area contributed by atoms with Crippen molar-refractivity contribution in [3.05, 3.63) is 22.7 Å². The van der Waals surface area contributed by atoms with E-state index in [-0.39, 0.29) is 10.6 Å². The molecule has 1 saturated carbocycles. The lowest BCUT2D eigenvalue weighted by molar-refractivity contribution is -0.143. The molecule has 0 atom stereocenters. The van der Waals surface area contributed by atoms with Gasteiger partial charge < -0.3 is 15.3 Å². The quantitative estimate of drug-likeness (QED) is 0.711. The van der Waals surface area contributed by atoms with Gasteiger partial charge in [0.15, 0.2) is 11.5 Å². The van der Waals surface area contributed by atoms with Crippen LogP contribution in [-0.2, 0) is 10.2 Å². The first-order valence-electron chi connectivity index (χ1n) is 5.43. The fourth-order valence-corrected chi connectivity index (χ4v) is 2.67. The number of phenols is 2.